The number of rotatable bonds is 2. The molecule has 0 saturated heterocycles. The monoisotopic (exact) mass is 402 g/mol. The number of aromatic nitrogens is 3. The summed E-state index contributed by atoms with van der Waals surface area (Å²) in [5.41, 5.74) is 1.81. The van der Waals surface area contributed by atoms with E-state index in [9.17, 15) is 4.79 Å². The standard InChI is InChI=1S/C16H11BrN4O2S/c17-10-1-2-13-14(7-10)23-6-5-21(13)16(22)12-9-24-15(20-12)11-8-18-3-4-19-11/h1-4,7-9H,5-6H2. The number of carbonyl (C=O) groups is 1. The van der Waals surface area contributed by atoms with E-state index in [-0.39, 0.29) is 5.91 Å². The number of anilines is 1. The van der Waals surface area contributed by atoms with Gasteiger partial charge in [0, 0.05) is 22.2 Å². The van der Waals surface area contributed by atoms with Gasteiger partial charge in [0.25, 0.3) is 5.91 Å². The summed E-state index contributed by atoms with van der Waals surface area (Å²) in [4.78, 5) is 27.2. The van der Waals surface area contributed by atoms with Gasteiger partial charge in [0.1, 0.15) is 28.8 Å². The molecule has 3 heterocycles. The maximum atomic E-state index is 12.9. The molecule has 0 saturated carbocycles. The van der Waals surface area contributed by atoms with Crippen LogP contribution in [0.25, 0.3) is 10.7 Å². The van der Waals surface area contributed by atoms with Crippen LogP contribution >= 0.6 is 27.3 Å². The zero-order chi connectivity index (χ0) is 16.5. The average molecular weight is 403 g/mol. The molecule has 1 aliphatic heterocycles. The van der Waals surface area contributed by atoms with Gasteiger partial charge in [-0.15, -0.1) is 11.3 Å². The van der Waals surface area contributed by atoms with Crippen LogP contribution in [0.2, 0.25) is 0 Å². The van der Waals surface area contributed by atoms with Gasteiger partial charge in [-0.25, -0.2) is 4.98 Å². The van der Waals surface area contributed by atoms with E-state index in [1.807, 2.05) is 18.2 Å². The van der Waals surface area contributed by atoms with Crippen molar-refractivity contribution in [2.45, 2.75) is 0 Å². The molecular formula is C16H11BrN4O2S. The molecule has 1 amide bonds. The van der Waals surface area contributed by atoms with E-state index in [4.69, 9.17) is 4.74 Å². The number of hydrogen-bond acceptors (Lipinski definition) is 6. The highest BCUT2D eigenvalue weighted by Gasteiger charge is 2.26. The molecule has 0 unspecified atom stereocenters. The van der Waals surface area contributed by atoms with Crippen molar-refractivity contribution >= 4 is 38.9 Å². The normalized spacial score (nSPS) is 13.3. The molecular weight excluding hydrogens is 392 g/mol. The summed E-state index contributed by atoms with van der Waals surface area (Å²) in [6.45, 7) is 0.946. The van der Waals surface area contributed by atoms with E-state index in [0.717, 1.165) is 10.2 Å². The number of benzene rings is 1. The molecule has 0 aliphatic carbocycles. The van der Waals surface area contributed by atoms with Crippen LogP contribution in [0.3, 0.4) is 0 Å². The van der Waals surface area contributed by atoms with E-state index >= 15 is 0 Å². The van der Waals surface area contributed by atoms with Gasteiger partial charge in [0.2, 0.25) is 0 Å². The van der Waals surface area contributed by atoms with Crippen LogP contribution in [0.5, 0.6) is 5.75 Å². The van der Waals surface area contributed by atoms with Crippen LogP contribution in [-0.4, -0.2) is 34.0 Å². The van der Waals surface area contributed by atoms with Gasteiger partial charge in [0.05, 0.1) is 18.4 Å². The molecule has 0 bridgehead atoms. The van der Waals surface area contributed by atoms with Gasteiger partial charge in [-0.05, 0) is 18.2 Å². The smallest absolute Gasteiger partial charge is 0.277 e. The summed E-state index contributed by atoms with van der Waals surface area (Å²) in [6.07, 6.45) is 4.84. The fourth-order valence-electron chi connectivity index (χ4n) is 2.44. The molecule has 24 heavy (non-hydrogen) atoms. The second-order valence-electron chi connectivity index (χ2n) is 5.05. The highest BCUT2D eigenvalue weighted by atomic mass is 79.9. The lowest BCUT2D eigenvalue weighted by molar-refractivity contribution is 0.0972. The summed E-state index contributed by atoms with van der Waals surface area (Å²) in [7, 11) is 0. The number of nitrogens with zero attached hydrogens (tertiary/aromatic N) is 4. The highest BCUT2D eigenvalue weighted by molar-refractivity contribution is 9.10. The minimum absolute atomic E-state index is 0.145. The first-order valence-electron chi connectivity index (χ1n) is 7.18. The predicted molar refractivity (Wildman–Crippen MR) is 94.5 cm³/mol. The van der Waals surface area contributed by atoms with Crippen molar-refractivity contribution in [3.8, 4) is 16.5 Å². The molecule has 0 atom stereocenters. The van der Waals surface area contributed by atoms with Crippen molar-refractivity contribution in [2.24, 2.45) is 0 Å². The van der Waals surface area contributed by atoms with Gasteiger partial charge in [0.15, 0.2) is 0 Å². The number of amides is 1. The molecule has 1 aliphatic rings. The Kier molecular flexibility index (Phi) is 3.99. The zero-order valence-electron chi connectivity index (χ0n) is 12.3. The first-order chi connectivity index (χ1) is 11.7. The Bertz CT molecular complexity index is 900. The van der Waals surface area contributed by atoms with Crippen LogP contribution in [0.1, 0.15) is 10.5 Å². The molecule has 4 rings (SSSR count). The lowest BCUT2D eigenvalue weighted by Gasteiger charge is -2.29. The predicted octanol–water partition coefficient (Wildman–Crippen LogP) is 3.40. The van der Waals surface area contributed by atoms with Crippen molar-refractivity contribution in [1.29, 1.82) is 0 Å². The van der Waals surface area contributed by atoms with Crippen LogP contribution in [-0.2, 0) is 0 Å². The zero-order valence-corrected chi connectivity index (χ0v) is 14.7. The average Bonchev–Trinajstić information content (AvgIpc) is 3.11. The van der Waals surface area contributed by atoms with Gasteiger partial charge in [-0.2, -0.15) is 0 Å². The van der Waals surface area contributed by atoms with E-state index in [1.165, 1.54) is 11.3 Å². The SMILES string of the molecule is O=C(c1csc(-c2cnccn2)n1)N1CCOc2cc(Br)ccc21. The van der Waals surface area contributed by atoms with Crippen LogP contribution < -0.4 is 9.64 Å². The third-order valence-corrected chi connectivity index (χ3v) is 4.89. The Balaban J connectivity index is 1.65. The molecule has 6 nitrogen and oxygen atoms in total. The lowest BCUT2D eigenvalue weighted by Crippen LogP contribution is -2.38. The lowest BCUT2D eigenvalue weighted by atomic mass is 10.2. The van der Waals surface area contributed by atoms with E-state index in [1.54, 1.807) is 28.9 Å². The summed E-state index contributed by atoms with van der Waals surface area (Å²) >= 11 is 4.79. The Morgan fingerprint density at radius 1 is 1.33 bits per heavy atom. The molecule has 3 aromatic rings. The molecule has 120 valence electrons. The fraction of sp³-hybridized carbons (Fsp3) is 0.125. The third-order valence-electron chi connectivity index (χ3n) is 3.54. The molecule has 0 radical (unpaired) electrons. The minimum atomic E-state index is -0.145. The second-order valence-corrected chi connectivity index (χ2v) is 6.82. The molecule has 2 aromatic heterocycles. The maximum Gasteiger partial charge on any atom is 0.277 e. The quantitative estimate of drug-likeness (QED) is 0.656. The number of ether oxygens (including phenoxy) is 1. The van der Waals surface area contributed by atoms with Gasteiger partial charge < -0.3 is 9.64 Å². The number of hydrogen-bond donors (Lipinski definition) is 0. The largest absolute Gasteiger partial charge is 0.489 e. The van der Waals surface area contributed by atoms with Crippen molar-refractivity contribution in [1.82, 2.24) is 15.0 Å². The summed E-state index contributed by atoms with van der Waals surface area (Å²) in [5.74, 6) is 0.543. The van der Waals surface area contributed by atoms with Crippen molar-refractivity contribution in [3.05, 3.63) is 52.3 Å². The van der Waals surface area contributed by atoms with Gasteiger partial charge in [-0.3, -0.25) is 14.8 Å². The fourth-order valence-corrected chi connectivity index (χ4v) is 3.54. The van der Waals surface area contributed by atoms with Crippen LogP contribution in [0, 0.1) is 0 Å². The molecule has 0 fully saturated rings. The molecule has 0 spiro atoms. The first kappa shape index (κ1) is 15.2. The highest BCUT2D eigenvalue weighted by Crippen LogP contribution is 2.35. The number of carbonyl (C=O) groups excluding carboxylic acids is 1. The minimum Gasteiger partial charge on any atom is -0.489 e. The van der Waals surface area contributed by atoms with E-state index in [2.05, 4.69) is 30.9 Å². The summed E-state index contributed by atoms with van der Waals surface area (Å²) < 4.78 is 6.55. The third kappa shape index (κ3) is 2.78. The van der Waals surface area contributed by atoms with Crippen molar-refractivity contribution in [2.75, 3.05) is 18.1 Å². The number of halogens is 1. The Labute approximate surface area is 150 Å². The van der Waals surface area contributed by atoms with Crippen molar-refractivity contribution in [3.63, 3.8) is 0 Å². The summed E-state index contributed by atoms with van der Waals surface area (Å²) in [6, 6.07) is 5.62. The second kappa shape index (κ2) is 6.29. The van der Waals surface area contributed by atoms with Gasteiger partial charge >= 0.3 is 0 Å². The van der Waals surface area contributed by atoms with Crippen LogP contribution in [0.4, 0.5) is 5.69 Å². The van der Waals surface area contributed by atoms with Crippen molar-refractivity contribution < 1.29 is 9.53 Å². The maximum absolute atomic E-state index is 12.9. The first-order valence-corrected chi connectivity index (χ1v) is 8.86. The number of fused-ring (bicyclic) bond motifs is 1. The molecule has 1 aromatic carbocycles. The summed E-state index contributed by atoms with van der Waals surface area (Å²) in [5, 5.41) is 2.43. The van der Waals surface area contributed by atoms with Crippen LogP contribution in [0.15, 0.2) is 46.6 Å². The van der Waals surface area contributed by atoms with E-state index in [0.29, 0.717) is 35.3 Å². The Morgan fingerprint density at radius 2 is 2.25 bits per heavy atom. The topological polar surface area (TPSA) is 68.2 Å². The Morgan fingerprint density at radius 3 is 3.08 bits per heavy atom. The Hall–Kier alpha value is -2.32. The van der Waals surface area contributed by atoms with E-state index < -0.39 is 0 Å². The van der Waals surface area contributed by atoms with Gasteiger partial charge in [-0.1, -0.05) is 15.9 Å². The molecule has 8 heteroatoms. The molecule has 0 N–H and O–H groups in total. The number of thiazole rings is 1.